The van der Waals surface area contributed by atoms with Gasteiger partial charge < -0.3 is 27.9 Å². The molecule has 0 fully saturated rings. The van der Waals surface area contributed by atoms with Gasteiger partial charge >= 0.3 is 5.97 Å². The van der Waals surface area contributed by atoms with E-state index in [1.165, 1.54) is 0 Å². The highest BCUT2D eigenvalue weighted by Gasteiger charge is 2.20. The summed E-state index contributed by atoms with van der Waals surface area (Å²) in [5, 5.41) is 0. The van der Waals surface area contributed by atoms with Gasteiger partial charge in [-0.1, -0.05) is 94.6 Å². The zero-order valence-corrected chi connectivity index (χ0v) is 28.8. The van der Waals surface area contributed by atoms with Crippen LogP contribution < -0.4 is 4.89 Å². The van der Waals surface area contributed by atoms with Gasteiger partial charge in [0.1, 0.15) is 19.3 Å². The van der Waals surface area contributed by atoms with Crippen LogP contribution in [-0.4, -0.2) is 70.7 Å². The van der Waals surface area contributed by atoms with Gasteiger partial charge in [-0.3, -0.25) is 9.36 Å². The number of ether oxygens (including phenoxy) is 2. The Balaban J connectivity index is 4.31. The highest BCUT2D eigenvalue weighted by Crippen LogP contribution is 2.38. The molecule has 2 unspecified atom stereocenters. The maximum absolute atomic E-state index is 12.4. The van der Waals surface area contributed by atoms with Gasteiger partial charge in [-0.2, -0.15) is 0 Å². The maximum Gasteiger partial charge on any atom is 0.306 e. The number of likely N-dealkylation sites (N-methyl/N-ethyl adjacent to an activating group) is 1. The lowest BCUT2D eigenvalue weighted by molar-refractivity contribution is -0.870. The first-order valence-corrected chi connectivity index (χ1v) is 17.8. The van der Waals surface area contributed by atoms with Crippen LogP contribution in [-0.2, 0) is 27.9 Å². The highest BCUT2D eigenvalue weighted by molar-refractivity contribution is 7.45. The monoisotopic (exact) mass is 627 g/mol. The van der Waals surface area contributed by atoms with E-state index in [4.69, 9.17) is 18.5 Å². The number of hydrogen-bond acceptors (Lipinski definition) is 7. The van der Waals surface area contributed by atoms with Gasteiger partial charge in [-0.15, -0.1) is 0 Å². The number of carbonyl (C=O) groups is 1. The normalized spacial score (nSPS) is 14.8. The Morgan fingerprint density at radius 1 is 0.744 bits per heavy atom. The lowest BCUT2D eigenvalue weighted by Crippen LogP contribution is -2.37. The average molecular weight is 628 g/mol. The number of quaternary nitrogens is 1. The number of carbonyl (C=O) groups excluding carboxylic acids is 1. The van der Waals surface area contributed by atoms with Crippen LogP contribution in [0.4, 0.5) is 0 Å². The van der Waals surface area contributed by atoms with Crippen LogP contribution in [0, 0.1) is 0 Å². The molecule has 0 aliphatic rings. The van der Waals surface area contributed by atoms with Crippen molar-refractivity contribution in [3.05, 3.63) is 48.6 Å². The number of unbranched alkanes of at least 4 members (excludes halogenated alkanes) is 7. The first-order chi connectivity index (χ1) is 20.6. The molecular formula is C34H62NO7P. The third-order valence-electron chi connectivity index (χ3n) is 6.39. The predicted octanol–water partition coefficient (Wildman–Crippen LogP) is 7.85. The second kappa shape index (κ2) is 28.0. The zero-order chi connectivity index (χ0) is 32.1. The van der Waals surface area contributed by atoms with E-state index in [2.05, 4.69) is 62.5 Å². The number of hydrogen-bond donors (Lipinski definition) is 0. The third-order valence-corrected chi connectivity index (χ3v) is 7.36. The Morgan fingerprint density at radius 3 is 1.98 bits per heavy atom. The molecule has 0 bridgehead atoms. The molecule has 0 N–H and O–H groups in total. The number of esters is 1. The number of allylic oxidation sites excluding steroid dienone is 8. The molecule has 0 aromatic heterocycles. The summed E-state index contributed by atoms with van der Waals surface area (Å²) in [5.41, 5.74) is 0. The fourth-order valence-corrected chi connectivity index (χ4v) is 4.56. The van der Waals surface area contributed by atoms with Crippen molar-refractivity contribution in [3.8, 4) is 0 Å². The summed E-state index contributed by atoms with van der Waals surface area (Å²) in [4.78, 5) is 24.6. The van der Waals surface area contributed by atoms with Gasteiger partial charge in [0.05, 0.1) is 34.4 Å². The summed E-state index contributed by atoms with van der Waals surface area (Å²) in [6.45, 7) is 5.08. The summed E-state index contributed by atoms with van der Waals surface area (Å²) in [6, 6.07) is 0. The van der Waals surface area contributed by atoms with Crippen molar-refractivity contribution < 1.29 is 37.3 Å². The summed E-state index contributed by atoms with van der Waals surface area (Å²) in [5.74, 6) is -0.363. The Bertz CT molecular complexity index is 833. The fraction of sp³-hybridized carbons (Fsp3) is 0.735. The van der Waals surface area contributed by atoms with Crippen molar-refractivity contribution in [1.29, 1.82) is 0 Å². The molecule has 0 amide bonds. The molecule has 0 radical (unpaired) electrons. The maximum atomic E-state index is 12.4. The molecule has 0 saturated heterocycles. The molecule has 0 rings (SSSR count). The van der Waals surface area contributed by atoms with E-state index in [0.29, 0.717) is 24.1 Å². The molecule has 2 atom stereocenters. The molecule has 250 valence electrons. The largest absolute Gasteiger partial charge is 0.756 e. The molecule has 0 saturated carbocycles. The summed E-state index contributed by atoms with van der Waals surface area (Å²) < 4.78 is 34.0. The van der Waals surface area contributed by atoms with Crippen LogP contribution >= 0.6 is 7.82 Å². The lowest BCUT2D eigenvalue weighted by Gasteiger charge is -2.28. The van der Waals surface area contributed by atoms with E-state index in [9.17, 15) is 14.3 Å². The van der Waals surface area contributed by atoms with Crippen molar-refractivity contribution >= 4 is 13.8 Å². The van der Waals surface area contributed by atoms with Crippen LogP contribution in [0.15, 0.2) is 48.6 Å². The Kier molecular flexibility index (Phi) is 27.0. The summed E-state index contributed by atoms with van der Waals surface area (Å²) in [6.07, 6.45) is 30.2. The standard InChI is InChI=1S/C34H62NO7P/c1-6-8-10-12-13-14-15-16-17-18-19-20-21-22-24-26-29-39-31-33(42-34(36)27-25-23-11-9-7-2)32-41-43(37,38)40-30-28-35(3,4)5/h8,10,13-14,16-17,19-20,33H,6-7,9,11-12,15,18,21-32H2,1-5H3/b10-8-,14-13-,17-16-,20-19-. The molecule has 0 aliphatic carbocycles. The van der Waals surface area contributed by atoms with E-state index in [1.807, 2.05) is 21.1 Å². The van der Waals surface area contributed by atoms with Gasteiger partial charge in [0.2, 0.25) is 0 Å². The Labute approximate surface area is 263 Å². The van der Waals surface area contributed by atoms with E-state index in [-0.39, 0.29) is 25.8 Å². The van der Waals surface area contributed by atoms with Crippen molar-refractivity contribution in [2.24, 2.45) is 0 Å². The molecular weight excluding hydrogens is 565 g/mol. The zero-order valence-electron chi connectivity index (χ0n) is 27.9. The van der Waals surface area contributed by atoms with E-state index >= 15 is 0 Å². The van der Waals surface area contributed by atoms with Crippen molar-refractivity contribution in [2.45, 2.75) is 110 Å². The first-order valence-electron chi connectivity index (χ1n) is 16.4. The smallest absolute Gasteiger partial charge is 0.306 e. The number of nitrogens with zero attached hydrogens (tertiary/aromatic N) is 1. The van der Waals surface area contributed by atoms with Crippen LogP contribution in [0.3, 0.4) is 0 Å². The van der Waals surface area contributed by atoms with E-state index in [1.54, 1.807) is 0 Å². The van der Waals surface area contributed by atoms with Crippen molar-refractivity contribution in [3.63, 3.8) is 0 Å². The highest BCUT2D eigenvalue weighted by atomic mass is 31.2. The SMILES string of the molecule is CC/C=C\C/C=C\C/C=C\C/C=C\CCCCCOCC(COP(=O)([O-])OCC[N+](C)(C)C)OC(=O)CCCCCCC. The minimum Gasteiger partial charge on any atom is -0.756 e. The number of phosphoric acid groups is 1. The van der Waals surface area contributed by atoms with Crippen LogP contribution in [0.2, 0.25) is 0 Å². The molecule has 43 heavy (non-hydrogen) atoms. The third kappa shape index (κ3) is 31.7. The fourth-order valence-electron chi connectivity index (χ4n) is 3.83. The topological polar surface area (TPSA) is 94.1 Å². The minimum atomic E-state index is -4.51. The van der Waals surface area contributed by atoms with Gasteiger partial charge in [0.15, 0.2) is 0 Å². The minimum absolute atomic E-state index is 0.0178. The van der Waals surface area contributed by atoms with Crippen LogP contribution in [0.25, 0.3) is 0 Å². The van der Waals surface area contributed by atoms with Gasteiger partial charge in [0.25, 0.3) is 7.82 Å². The molecule has 0 spiro atoms. The van der Waals surface area contributed by atoms with Crippen LogP contribution in [0.5, 0.6) is 0 Å². The summed E-state index contributed by atoms with van der Waals surface area (Å²) in [7, 11) is 1.32. The molecule has 0 heterocycles. The van der Waals surface area contributed by atoms with Gasteiger partial charge in [0, 0.05) is 13.0 Å². The second-order valence-electron chi connectivity index (χ2n) is 11.8. The van der Waals surface area contributed by atoms with Gasteiger partial charge in [-0.05, 0) is 51.4 Å². The Hall–Kier alpha value is -1.54. The molecule has 0 aliphatic heterocycles. The summed E-state index contributed by atoms with van der Waals surface area (Å²) >= 11 is 0. The number of phosphoric ester groups is 1. The van der Waals surface area contributed by atoms with Crippen molar-refractivity contribution in [2.75, 3.05) is 54.1 Å². The second-order valence-corrected chi connectivity index (χ2v) is 13.2. The number of rotatable bonds is 29. The quantitative estimate of drug-likeness (QED) is 0.0274. The first kappa shape index (κ1) is 41.5. The predicted molar refractivity (Wildman–Crippen MR) is 176 cm³/mol. The molecule has 0 aromatic carbocycles. The molecule has 9 heteroatoms. The average Bonchev–Trinajstić information content (AvgIpc) is 2.94. The Morgan fingerprint density at radius 2 is 1.35 bits per heavy atom. The van der Waals surface area contributed by atoms with E-state index in [0.717, 1.165) is 83.5 Å². The van der Waals surface area contributed by atoms with E-state index < -0.39 is 13.9 Å². The van der Waals surface area contributed by atoms with Crippen LogP contribution in [0.1, 0.15) is 104 Å². The van der Waals surface area contributed by atoms with Gasteiger partial charge in [-0.25, -0.2) is 0 Å². The van der Waals surface area contributed by atoms with Crippen molar-refractivity contribution in [1.82, 2.24) is 0 Å². The molecule has 8 nitrogen and oxygen atoms in total. The molecule has 0 aromatic rings. The lowest BCUT2D eigenvalue weighted by atomic mass is 10.1.